The molecule has 2 fully saturated rings. The third-order valence-electron chi connectivity index (χ3n) is 18.5. The predicted octanol–water partition coefficient (Wildman–Crippen LogP) is 15.3. The Balaban J connectivity index is 0.000000131. The number of alkyl halides is 2. The number of nitrogen functional groups attached to an aromatic ring is 1. The molecule has 9 aromatic heterocycles. The van der Waals surface area contributed by atoms with Crippen LogP contribution in [0.2, 0.25) is 0 Å². The molecule has 3 unspecified atom stereocenters. The normalized spacial score (nSPS) is 14.2. The van der Waals surface area contributed by atoms with E-state index >= 15 is 0 Å². The Kier molecular flexibility index (Phi) is 20.9. The number of rotatable bonds is 13. The van der Waals surface area contributed by atoms with Crippen LogP contribution >= 0.6 is 61.1 Å². The lowest BCUT2D eigenvalue weighted by atomic mass is 9.99. The summed E-state index contributed by atoms with van der Waals surface area (Å²) in [6.07, 6.45) is 4.17. The van der Waals surface area contributed by atoms with E-state index in [4.69, 9.17) is 38.7 Å². The molecule has 2 aliphatic rings. The van der Waals surface area contributed by atoms with Crippen molar-refractivity contribution in [1.82, 2.24) is 59.2 Å². The van der Waals surface area contributed by atoms with Gasteiger partial charge in [0.1, 0.15) is 151 Å². The molecule has 35 heteroatoms. The first-order valence-corrected chi connectivity index (χ1v) is 36.6. The smallest absolute Gasteiger partial charge is 0.387 e. The largest absolute Gasteiger partial charge is 0.458 e. The van der Waals surface area contributed by atoms with Gasteiger partial charge in [0, 0.05) is 31.7 Å². The van der Waals surface area contributed by atoms with Crippen molar-refractivity contribution in [2.45, 2.75) is 45.5 Å². The van der Waals surface area contributed by atoms with Crippen LogP contribution in [0.3, 0.4) is 0 Å². The number of halogens is 11. The second-order valence-electron chi connectivity index (χ2n) is 25.1. The Hall–Kier alpha value is -10.9. The van der Waals surface area contributed by atoms with Gasteiger partial charge >= 0.3 is 6.61 Å². The summed E-state index contributed by atoms with van der Waals surface area (Å²) in [6, 6.07) is 24.9. The van der Waals surface area contributed by atoms with Crippen LogP contribution in [0, 0.1) is 42.3 Å². The summed E-state index contributed by atoms with van der Waals surface area (Å²) in [7, 11) is 0. The van der Waals surface area contributed by atoms with Crippen molar-refractivity contribution in [2.75, 3.05) is 68.1 Å². The number of anilines is 3. The van der Waals surface area contributed by atoms with Crippen LogP contribution in [-0.4, -0.2) is 118 Å². The molecule has 0 spiro atoms. The number of hydrogen-bond donors (Lipinski definition) is 1. The zero-order valence-corrected chi connectivity index (χ0v) is 63.3. The maximum Gasteiger partial charge on any atom is 0.387 e. The van der Waals surface area contributed by atoms with Crippen LogP contribution in [0.1, 0.15) is 56.2 Å². The Bertz CT molecular complexity index is 6320. The lowest BCUT2D eigenvalue weighted by Crippen LogP contribution is -2.37. The van der Waals surface area contributed by atoms with Gasteiger partial charge in [0.15, 0.2) is 28.5 Å². The van der Waals surface area contributed by atoms with E-state index in [0.717, 1.165) is 40.6 Å². The summed E-state index contributed by atoms with van der Waals surface area (Å²) in [5.74, 6) is -2.60. The molecule has 2 saturated heterocycles. The lowest BCUT2D eigenvalue weighted by Gasteiger charge is -2.28. The maximum atomic E-state index is 14.7. The van der Waals surface area contributed by atoms with Crippen LogP contribution in [0.4, 0.5) is 52.6 Å². The second kappa shape index (κ2) is 30.9. The molecule has 0 amide bonds. The highest BCUT2D eigenvalue weighted by molar-refractivity contribution is 14.1. The van der Waals surface area contributed by atoms with Crippen molar-refractivity contribution >= 4 is 145 Å². The first kappa shape index (κ1) is 74.6. The van der Waals surface area contributed by atoms with E-state index in [0.29, 0.717) is 76.9 Å². The quantitative estimate of drug-likeness (QED) is 0.0829. The molecule has 15 aromatic rings. The topological polar surface area (TPSA) is 282 Å². The van der Waals surface area contributed by atoms with E-state index < -0.39 is 81.7 Å². The Labute approximate surface area is 649 Å². The monoisotopic (exact) mass is 1790 g/mol. The number of fused-ring (bicyclic) bond motifs is 6. The summed E-state index contributed by atoms with van der Waals surface area (Å²) >= 11 is 7.50. The van der Waals surface area contributed by atoms with E-state index in [-0.39, 0.29) is 99.5 Å². The van der Waals surface area contributed by atoms with Crippen molar-refractivity contribution in [3.63, 3.8) is 0 Å². The molecule has 0 aliphatic carbocycles. The van der Waals surface area contributed by atoms with Gasteiger partial charge in [-0.2, -0.15) is 24.1 Å². The van der Waals surface area contributed by atoms with Crippen molar-refractivity contribution in [1.29, 1.82) is 0 Å². The lowest BCUT2D eigenvalue weighted by molar-refractivity contribution is -0.0521. The molecule has 2 aliphatic heterocycles. The van der Waals surface area contributed by atoms with E-state index in [1.807, 2.05) is 13.8 Å². The first-order chi connectivity index (χ1) is 53.0. The van der Waals surface area contributed by atoms with Gasteiger partial charge < -0.3 is 43.0 Å². The Morgan fingerprint density at radius 3 is 1.39 bits per heavy atom. The molecular formula is C75H54BrF8I2N15O9. The highest BCUT2D eigenvalue weighted by atomic mass is 127. The standard InChI is InChI=1S/2C26H20F2IN5O3.C23H14BrF4N5O3/c1-14(34-26-21(24(29)32-34)25(30-13-31-26)33-8-10-36-11-9-33)23-19(15-4-2-5-16(27)12-15)22(35)20-17(28)6-3-7-18(20)37-23;1-14(34-26-21(24(29)32-34)25(30-13-31-26)33-9-11-36-12-10-33)23-19(15-5-7-16(27)8-6-15)22(35)20-17(28)3-2-4-18(20)37-23;1-9(20-17(24)19(34)15-11(25)3-2-4-14(15)35-20)33-22-16(21(29)30-8-31-22)18(32-33)10-5-6-13(12(26)7-10)36-23(27)28/h2-7,12-14H,8-11H2,1H3;2-8,13-14H,9-12H2,1H3;2-9,23H,1H3,(H2,29,30,31). The Morgan fingerprint density at radius 1 is 0.464 bits per heavy atom. The number of morpholine rings is 2. The molecule has 24 nitrogen and oxygen atoms in total. The molecule has 110 heavy (non-hydrogen) atoms. The fraction of sp³-hybridized carbons (Fsp3) is 0.200. The SMILES string of the molecule is CC(c1oc2cccc(F)c2c(=O)c1-c1ccc(F)cc1)n1nc(I)c2c(N3CCOCC3)ncnc21.CC(c1oc2cccc(F)c2c(=O)c1-c1cccc(F)c1)n1nc(I)c2c(N3CCOCC3)ncnc21.CC(c1oc2cccc(F)c2c(=O)c1Br)n1nc(-c2ccc(OC(F)F)c(F)c2)c2c(N)ncnc21. The third kappa shape index (κ3) is 13.9. The zero-order chi connectivity index (χ0) is 77.1. The summed E-state index contributed by atoms with van der Waals surface area (Å²) in [6.45, 7) is 7.28. The first-order valence-electron chi connectivity index (χ1n) is 33.6. The maximum absolute atomic E-state index is 14.7. The molecule has 6 aromatic carbocycles. The number of hydrogen-bond acceptors (Lipinski definition) is 21. The summed E-state index contributed by atoms with van der Waals surface area (Å²) < 4.78 is 151. The number of nitrogens with zero attached hydrogens (tertiary/aromatic N) is 14. The minimum absolute atomic E-state index is 0.0145. The molecule has 0 saturated carbocycles. The predicted molar refractivity (Wildman–Crippen MR) is 411 cm³/mol. The van der Waals surface area contributed by atoms with Gasteiger partial charge in [-0.15, -0.1) is 0 Å². The number of aromatic nitrogens is 12. The van der Waals surface area contributed by atoms with E-state index in [9.17, 15) is 49.5 Å². The average Bonchev–Trinajstić information content (AvgIpc) is 1.39. The van der Waals surface area contributed by atoms with E-state index in [1.165, 1.54) is 115 Å². The highest BCUT2D eigenvalue weighted by Gasteiger charge is 2.33. The van der Waals surface area contributed by atoms with Crippen LogP contribution in [0.5, 0.6) is 5.75 Å². The van der Waals surface area contributed by atoms with Gasteiger partial charge in [-0.1, -0.05) is 42.5 Å². The molecule has 17 rings (SSSR count). The summed E-state index contributed by atoms with van der Waals surface area (Å²) in [4.78, 5) is 70.7. The van der Waals surface area contributed by atoms with Gasteiger partial charge in [-0.05, 0) is 172 Å². The molecule has 11 heterocycles. The van der Waals surface area contributed by atoms with Crippen molar-refractivity contribution in [3.05, 3.63) is 235 Å². The van der Waals surface area contributed by atoms with Crippen molar-refractivity contribution in [3.8, 4) is 39.3 Å². The van der Waals surface area contributed by atoms with Gasteiger partial charge in [-0.3, -0.25) is 14.4 Å². The molecule has 0 radical (unpaired) electrons. The fourth-order valence-corrected chi connectivity index (χ4v) is 15.4. The zero-order valence-electron chi connectivity index (χ0n) is 57.4. The highest BCUT2D eigenvalue weighted by Crippen LogP contribution is 2.41. The van der Waals surface area contributed by atoms with Crippen LogP contribution < -0.4 is 36.6 Å². The van der Waals surface area contributed by atoms with Crippen molar-refractivity contribution in [2.24, 2.45) is 0 Å². The molecule has 560 valence electrons. The minimum Gasteiger partial charge on any atom is -0.458 e. The molecule has 0 bridgehead atoms. The van der Waals surface area contributed by atoms with Crippen LogP contribution in [-0.2, 0) is 9.47 Å². The molecule has 2 N–H and O–H groups in total. The van der Waals surface area contributed by atoms with E-state index in [2.05, 4.69) is 111 Å². The second-order valence-corrected chi connectivity index (χ2v) is 27.9. The molecular weight excluding hydrogens is 1740 g/mol. The van der Waals surface area contributed by atoms with Crippen molar-refractivity contribution < 1.29 is 62.6 Å². The summed E-state index contributed by atoms with van der Waals surface area (Å²) in [5.41, 5.74) is 7.22. The van der Waals surface area contributed by atoms with E-state index in [1.54, 1.807) is 28.4 Å². The fourth-order valence-electron chi connectivity index (χ4n) is 13.3. The van der Waals surface area contributed by atoms with Gasteiger partial charge in [0.05, 0.1) is 53.7 Å². The number of benzene rings is 6. The average molecular weight is 1800 g/mol. The summed E-state index contributed by atoms with van der Waals surface area (Å²) in [5, 5.41) is 15.3. The van der Waals surface area contributed by atoms with Crippen LogP contribution in [0.15, 0.2) is 172 Å². The number of nitrogens with two attached hydrogens (primary N) is 1. The minimum atomic E-state index is -3.20. The van der Waals surface area contributed by atoms with Gasteiger partial charge in [0.25, 0.3) is 0 Å². The molecule has 3 atom stereocenters. The van der Waals surface area contributed by atoms with Crippen LogP contribution in [0.25, 0.3) is 99.5 Å². The van der Waals surface area contributed by atoms with Gasteiger partial charge in [-0.25, -0.2) is 70.3 Å². The third-order valence-corrected chi connectivity index (χ3v) is 20.8. The van der Waals surface area contributed by atoms with Gasteiger partial charge in [0.2, 0.25) is 16.3 Å². The number of ether oxygens (including phenoxy) is 3. The Morgan fingerprint density at radius 2 is 0.900 bits per heavy atom.